The van der Waals surface area contributed by atoms with Crippen LogP contribution in [0.25, 0.3) is 0 Å². The van der Waals surface area contributed by atoms with E-state index in [2.05, 4.69) is 4.72 Å². The van der Waals surface area contributed by atoms with Gasteiger partial charge in [-0.15, -0.1) is 0 Å². The number of hydrogen-bond donors (Lipinski definition) is 2. The van der Waals surface area contributed by atoms with E-state index in [1.54, 1.807) is 13.8 Å². The van der Waals surface area contributed by atoms with E-state index in [0.29, 0.717) is 25.8 Å². The molecule has 1 heterocycles. The van der Waals surface area contributed by atoms with E-state index < -0.39 is 27.4 Å². The molecule has 7 nitrogen and oxygen atoms in total. The number of hydrogen-bond acceptors (Lipinski definition) is 4. The molecule has 2 N–H and O–H groups in total. The monoisotopic (exact) mass is 320 g/mol. The van der Waals surface area contributed by atoms with E-state index in [1.807, 2.05) is 0 Å². The first kappa shape index (κ1) is 17.9. The van der Waals surface area contributed by atoms with Crippen molar-refractivity contribution in [2.24, 2.45) is 5.41 Å². The van der Waals surface area contributed by atoms with Crippen molar-refractivity contribution in [1.82, 2.24) is 9.62 Å². The van der Waals surface area contributed by atoms with Crippen LogP contribution in [0.2, 0.25) is 0 Å². The highest BCUT2D eigenvalue weighted by atomic mass is 32.2. The summed E-state index contributed by atoms with van der Waals surface area (Å²) >= 11 is 0. The van der Waals surface area contributed by atoms with Gasteiger partial charge in [-0.25, -0.2) is 13.1 Å². The van der Waals surface area contributed by atoms with Gasteiger partial charge in [0.1, 0.15) is 0 Å². The lowest BCUT2D eigenvalue weighted by atomic mass is 9.82. The summed E-state index contributed by atoms with van der Waals surface area (Å²) in [6.07, 6.45) is 1.59. The lowest BCUT2D eigenvalue weighted by Gasteiger charge is -2.38. The fraction of sp³-hybridized carbons (Fsp3) is 0.846. The maximum atomic E-state index is 12.3. The van der Waals surface area contributed by atoms with Gasteiger partial charge in [0.15, 0.2) is 0 Å². The predicted octanol–water partition coefficient (Wildman–Crippen LogP) is 0.418. The number of nitrogens with one attached hydrogen (secondary N) is 1. The molecule has 0 aromatic rings. The summed E-state index contributed by atoms with van der Waals surface area (Å²) in [5.41, 5.74) is -0.962. The average Bonchev–Trinajstić information content (AvgIpc) is 2.37. The molecule has 0 aromatic heterocycles. The van der Waals surface area contributed by atoms with Gasteiger partial charge in [-0.3, -0.25) is 9.59 Å². The molecular formula is C13H24N2O5S. The lowest BCUT2D eigenvalue weighted by Crippen LogP contribution is -2.54. The van der Waals surface area contributed by atoms with Crippen LogP contribution < -0.4 is 4.72 Å². The minimum atomic E-state index is -3.47. The van der Waals surface area contributed by atoms with Gasteiger partial charge in [0, 0.05) is 13.1 Å². The van der Waals surface area contributed by atoms with E-state index in [4.69, 9.17) is 0 Å². The fourth-order valence-electron chi connectivity index (χ4n) is 2.52. The summed E-state index contributed by atoms with van der Waals surface area (Å²) in [5, 5.41) is 9.24. The van der Waals surface area contributed by atoms with E-state index in [9.17, 15) is 23.1 Å². The first-order valence-corrected chi connectivity index (χ1v) is 8.79. The Bertz CT molecular complexity index is 505. The molecular weight excluding hydrogens is 296 g/mol. The maximum Gasteiger partial charge on any atom is 0.311 e. The van der Waals surface area contributed by atoms with Crippen LogP contribution in [0.15, 0.2) is 0 Å². The van der Waals surface area contributed by atoms with Crippen molar-refractivity contribution >= 4 is 21.9 Å². The van der Waals surface area contributed by atoms with Crippen LogP contribution in [0.1, 0.15) is 40.0 Å². The van der Waals surface area contributed by atoms with Gasteiger partial charge in [-0.2, -0.15) is 0 Å². The third-order valence-corrected chi connectivity index (χ3v) is 5.38. The first-order valence-electron chi connectivity index (χ1n) is 7.13. The molecule has 1 rings (SSSR count). The maximum absolute atomic E-state index is 12.3. The first-order chi connectivity index (χ1) is 9.61. The Hall–Kier alpha value is -1.15. The Morgan fingerprint density at radius 3 is 2.57 bits per heavy atom. The van der Waals surface area contributed by atoms with Crippen LogP contribution in [-0.2, 0) is 19.6 Å². The number of aliphatic carboxylic acids is 1. The van der Waals surface area contributed by atoms with Gasteiger partial charge in [-0.1, -0.05) is 6.92 Å². The van der Waals surface area contributed by atoms with Crippen molar-refractivity contribution in [1.29, 1.82) is 0 Å². The topological polar surface area (TPSA) is 104 Å². The zero-order valence-corrected chi connectivity index (χ0v) is 13.6. The lowest BCUT2D eigenvalue weighted by molar-refractivity contribution is -0.153. The summed E-state index contributed by atoms with van der Waals surface area (Å²) in [6, 6.07) is -0.877. The Kier molecular flexibility index (Phi) is 5.75. The molecule has 0 saturated carbocycles. The van der Waals surface area contributed by atoms with Crippen molar-refractivity contribution in [3.05, 3.63) is 0 Å². The van der Waals surface area contributed by atoms with Gasteiger partial charge in [-0.05, 0) is 33.1 Å². The molecule has 122 valence electrons. The van der Waals surface area contributed by atoms with Gasteiger partial charge < -0.3 is 10.0 Å². The number of likely N-dealkylation sites (tertiary alicyclic amines) is 1. The van der Waals surface area contributed by atoms with E-state index in [1.165, 1.54) is 11.8 Å². The van der Waals surface area contributed by atoms with E-state index in [-0.39, 0.29) is 18.2 Å². The number of carboxylic acid groups (broad SMARTS) is 1. The number of rotatable bonds is 6. The molecule has 8 heteroatoms. The van der Waals surface area contributed by atoms with Crippen LogP contribution in [-0.4, -0.2) is 55.2 Å². The molecule has 1 fully saturated rings. The number of sulfonamides is 1. The molecule has 0 aromatic carbocycles. The van der Waals surface area contributed by atoms with Gasteiger partial charge in [0.2, 0.25) is 15.9 Å². The average molecular weight is 320 g/mol. The van der Waals surface area contributed by atoms with Crippen molar-refractivity contribution in [3.63, 3.8) is 0 Å². The number of nitrogens with zero attached hydrogens (tertiary/aromatic N) is 1. The SMILES string of the molecule is CCCS(=O)(=O)NC(C)C(=O)N1CCCC(C)(C(=O)O)C1. The van der Waals surface area contributed by atoms with Gasteiger partial charge in [0.05, 0.1) is 17.2 Å². The van der Waals surface area contributed by atoms with Crippen LogP contribution in [0.3, 0.4) is 0 Å². The van der Waals surface area contributed by atoms with E-state index in [0.717, 1.165) is 0 Å². The predicted molar refractivity (Wildman–Crippen MR) is 78.2 cm³/mol. The molecule has 2 atom stereocenters. The Balaban J connectivity index is 2.72. The highest BCUT2D eigenvalue weighted by Crippen LogP contribution is 2.29. The molecule has 0 bridgehead atoms. The van der Waals surface area contributed by atoms with Gasteiger partial charge >= 0.3 is 5.97 Å². The summed E-state index contributed by atoms with van der Waals surface area (Å²) in [4.78, 5) is 25.0. The molecule has 1 saturated heterocycles. The number of carboxylic acids is 1. The van der Waals surface area contributed by atoms with Crippen molar-refractivity contribution in [2.45, 2.75) is 46.1 Å². The molecule has 2 unspecified atom stereocenters. The Labute approximate surface area is 125 Å². The summed E-state index contributed by atoms with van der Waals surface area (Å²) < 4.78 is 25.7. The minimum Gasteiger partial charge on any atom is -0.481 e. The number of piperidine rings is 1. The molecule has 1 amide bonds. The fourth-order valence-corrected chi connectivity index (χ4v) is 3.82. The van der Waals surface area contributed by atoms with E-state index >= 15 is 0 Å². The Morgan fingerprint density at radius 1 is 1.43 bits per heavy atom. The van der Waals surface area contributed by atoms with Gasteiger partial charge in [0.25, 0.3) is 0 Å². The Morgan fingerprint density at radius 2 is 2.05 bits per heavy atom. The van der Waals surface area contributed by atoms with Crippen LogP contribution in [0.4, 0.5) is 0 Å². The smallest absolute Gasteiger partial charge is 0.311 e. The molecule has 0 spiro atoms. The van der Waals surface area contributed by atoms with Crippen LogP contribution >= 0.6 is 0 Å². The van der Waals surface area contributed by atoms with Crippen molar-refractivity contribution in [2.75, 3.05) is 18.8 Å². The second kappa shape index (κ2) is 6.74. The highest BCUT2D eigenvalue weighted by Gasteiger charge is 2.40. The third kappa shape index (κ3) is 4.67. The molecule has 0 aliphatic carbocycles. The third-order valence-electron chi connectivity index (χ3n) is 3.72. The number of carbonyl (C=O) groups is 2. The standard InChI is InChI=1S/C13H24N2O5S/c1-4-8-21(19,20)14-10(2)11(16)15-7-5-6-13(3,9-15)12(17)18/h10,14H,4-9H2,1-3H3,(H,17,18). The van der Waals surface area contributed by atoms with Crippen LogP contribution in [0.5, 0.6) is 0 Å². The molecule has 1 aliphatic rings. The molecule has 1 aliphatic heterocycles. The largest absolute Gasteiger partial charge is 0.481 e. The van der Waals surface area contributed by atoms with Crippen LogP contribution in [0, 0.1) is 5.41 Å². The second-order valence-corrected chi connectivity index (χ2v) is 7.76. The minimum absolute atomic E-state index is 0.0303. The highest BCUT2D eigenvalue weighted by molar-refractivity contribution is 7.89. The quantitative estimate of drug-likeness (QED) is 0.738. The molecule has 0 radical (unpaired) electrons. The second-order valence-electron chi connectivity index (χ2n) is 5.89. The summed E-state index contributed by atoms with van der Waals surface area (Å²) in [7, 11) is -3.47. The number of carbonyl (C=O) groups excluding carboxylic acids is 1. The normalized spacial score (nSPS) is 24.6. The summed E-state index contributed by atoms with van der Waals surface area (Å²) in [5.74, 6) is -1.33. The summed E-state index contributed by atoms with van der Waals surface area (Å²) in [6.45, 7) is 5.42. The number of amides is 1. The zero-order valence-electron chi connectivity index (χ0n) is 12.8. The molecule has 21 heavy (non-hydrogen) atoms. The van der Waals surface area contributed by atoms with Crippen molar-refractivity contribution in [3.8, 4) is 0 Å². The van der Waals surface area contributed by atoms with Crippen molar-refractivity contribution < 1.29 is 23.1 Å². The zero-order chi connectivity index (χ0) is 16.3.